The van der Waals surface area contributed by atoms with Crippen LogP contribution in [0.1, 0.15) is 36.1 Å². The molecule has 1 amide bonds. The molecule has 1 aliphatic heterocycles. The van der Waals surface area contributed by atoms with Crippen LogP contribution in [0, 0.1) is 0 Å². The molecule has 0 aliphatic carbocycles. The van der Waals surface area contributed by atoms with Crippen LogP contribution >= 0.6 is 23.4 Å². The van der Waals surface area contributed by atoms with Crippen LogP contribution in [-0.2, 0) is 14.3 Å². The zero-order valence-corrected chi connectivity index (χ0v) is 20.6. The second-order valence-electron chi connectivity index (χ2n) is 7.37. The molecule has 0 unspecified atom stereocenters. The van der Waals surface area contributed by atoms with Crippen LogP contribution in [-0.4, -0.2) is 44.5 Å². The Balaban J connectivity index is 2.15. The summed E-state index contributed by atoms with van der Waals surface area (Å²) in [4.78, 5) is 27.4. The Bertz CT molecular complexity index is 1030. The molecular formula is C25H28ClNO5S. The van der Waals surface area contributed by atoms with E-state index in [0.29, 0.717) is 36.1 Å². The molecule has 0 fully saturated rings. The van der Waals surface area contributed by atoms with Gasteiger partial charge in [-0.05, 0) is 43.2 Å². The first-order valence-corrected chi connectivity index (χ1v) is 12.0. The van der Waals surface area contributed by atoms with Gasteiger partial charge in [0, 0.05) is 29.2 Å². The van der Waals surface area contributed by atoms with Gasteiger partial charge in [-0.1, -0.05) is 29.8 Å². The van der Waals surface area contributed by atoms with Crippen molar-refractivity contribution in [2.45, 2.75) is 30.3 Å². The third-order valence-electron chi connectivity index (χ3n) is 5.35. The van der Waals surface area contributed by atoms with Crippen LogP contribution < -0.4 is 14.4 Å². The maximum Gasteiger partial charge on any atom is 0.305 e. The van der Waals surface area contributed by atoms with Crippen LogP contribution in [0.4, 0.5) is 5.69 Å². The highest BCUT2D eigenvalue weighted by atomic mass is 35.5. The minimum Gasteiger partial charge on any atom is -0.493 e. The van der Waals surface area contributed by atoms with Gasteiger partial charge < -0.3 is 19.1 Å². The number of ether oxygens (including phenoxy) is 3. The fraction of sp³-hybridized carbons (Fsp3) is 0.360. The Kier molecular flexibility index (Phi) is 8.69. The van der Waals surface area contributed by atoms with E-state index in [2.05, 4.69) is 6.58 Å². The topological polar surface area (TPSA) is 65.1 Å². The second kappa shape index (κ2) is 11.5. The quantitative estimate of drug-likeness (QED) is 0.346. The molecule has 6 nitrogen and oxygen atoms in total. The van der Waals surface area contributed by atoms with Crippen molar-refractivity contribution < 1.29 is 23.8 Å². The van der Waals surface area contributed by atoms with Crippen molar-refractivity contribution in [2.24, 2.45) is 0 Å². The smallest absolute Gasteiger partial charge is 0.305 e. The first kappa shape index (κ1) is 25.0. The van der Waals surface area contributed by atoms with Gasteiger partial charge in [0.15, 0.2) is 11.5 Å². The van der Waals surface area contributed by atoms with Crippen molar-refractivity contribution >= 4 is 40.9 Å². The third kappa shape index (κ3) is 5.47. The van der Waals surface area contributed by atoms with Crippen molar-refractivity contribution in [3.63, 3.8) is 0 Å². The number of benzene rings is 2. The molecule has 0 radical (unpaired) electrons. The van der Waals surface area contributed by atoms with Gasteiger partial charge in [0.1, 0.15) is 0 Å². The van der Waals surface area contributed by atoms with Crippen LogP contribution in [0.25, 0.3) is 0 Å². The van der Waals surface area contributed by atoms with Crippen molar-refractivity contribution in [2.75, 3.05) is 32.3 Å². The van der Waals surface area contributed by atoms with E-state index in [1.54, 1.807) is 38.2 Å². The van der Waals surface area contributed by atoms with E-state index < -0.39 is 5.25 Å². The highest BCUT2D eigenvalue weighted by Crippen LogP contribution is 2.51. The molecule has 33 heavy (non-hydrogen) atoms. The lowest BCUT2D eigenvalue weighted by molar-refractivity contribution is -0.143. The maximum atomic E-state index is 13.6. The first-order chi connectivity index (χ1) is 15.9. The van der Waals surface area contributed by atoms with Crippen LogP contribution in [0.2, 0.25) is 5.02 Å². The van der Waals surface area contributed by atoms with Crippen molar-refractivity contribution in [1.82, 2.24) is 0 Å². The largest absolute Gasteiger partial charge is 0.493 e. The van der Waals surface area contributed by atoms with E-state index in [0.717, 1.165) is 16.8 Å². The Morgan fingerprint density at radius 1 is 1.21 bits per heavy atom. The maximum absolute atomic E-state index is 13.6. The highest BCUT2D eigenvalue weighted by Gasteiger charge is 2.37. The summed E-state index contributed by atoms with van der Waals surface area (Å²) in [6.07, 6.45) is 2.19. The number of nitrogens with zero attached hydrogens (tertiary/aromatic N) is 1. The van der Waals surface area contributed by atoms with Gasteiger partial charge in [-0.2, -0.15) is 0 Å². The number of hydrogen-bond donors (Lipinski definition) is 0. The Labute approximate surface area is 203 Å². The molecule has 0 saturated heterocycles. The zero-order chi connectivity index (χ0) is 24.0. The molecule has 2 atom stereocenters. The normalized spacial score (nSPS) is 17.7. The third-order valence-corrected chi connectivity index (χ3v) is 7.13. The van der Waals surface area contributed by atoms with Gasteiger partial charge in [0.05, 0.1) is 31.3 Å². The molecule has 0 aromatic heterocycles. The van der Waals surface area contributed by atoms with E-state index in [1.165, 1.54) is 11.8 Å². The van der Waals surface area contributed by atoms with Crippen molar-refractivity contribution in [3.8, 4) is 11.5 Å². The van der Waals surface area contributed by atoms with Gasteiger partial charge in [-0.15, -0.1) is 18.3 Å². The van der Waals surface area contributed by atoms with Gasteiger partial charge in [0.25, 0.3) is 0 Å². The molecule has 8 heteroatoms. The SMILES string of the molecule is C=CCN1C(=O)[C@@H](CCC(=O)OCC)S[C@H](c2cccc(OC)c2OC)c2cc(Cl)ccc21. The lowest BCUT2D eigenvalue weighted by atomic mass is 10.00. The lowest BCUT2D eigenvalue weighted by Gasteiger charge is -2.24. The molecule has 0 saturated carbocycles. The Hall–Kier alpha value is -2.64. The number of anilines is 1. The van der Waals surface area contributed by atoms with E-state index >= 15 is 0 Å². The summed E-state index contributed by atoms with van der Waals surface area (Å²) in [5, 5.41) is -0.201. The molecule has 0 N–H and O–H groups in total. The molecule has 2 aromatic rings. The summed E-state index contributed by atoms with van der Waals surface area (Å²) in [6.45, 7) is 6.23. The van der Waals surface area contributed by atoms with Crippen LogP contribution in [0.15, 0.2) is 49.1 Å². The fourth-order valence-corrected chi connectivity index (χ4v) is 5.59. The Morgan fingerprint density at radius 2 is 2.00 bits per heavy atom. The summed E-state index contributed by atoms with van der Waals surface area (Å²) < 4.78 is 16.3. The average Bonchev–Trinajstić information content (AvgIpc) is 2.92. The van der Waals surface area contributed by atoms with Gasteiger partial charge >= 0.3 is 5.97 Å². The average molecular weight is 490 g/mol. The molecule has 0 spiro atoms. The number of fused-ring (bicyclic) bond motifs is 1. The summed E-state index contributed by atoms with van der Waals surface area (Å²) >= 11 is 7.88. The standard InChI is InChI=1S/C25H28ClNO5S/c1-5-14-27-19-11-10-16(26)15-18(19)24(17-8-7-9-20(30-3)23(17)31-4)33-21(25(27)29)12-13-22(28)32-6-2/h5,7-11,15,21,24H,1,6,12-14H2,2-4H3/t21-,24-/m1/s1. The number of hydrogen-bond acceptors (Lipinski definition) is 6. The predicted octanol–water partition coefficient (Wildman–Crippen LogP) is 5.42. The summed E-state index contributed by atoms with van der Waals surface area (Å²) in [5.74, 6) is 0.789. The Morgan fingerprint density at radius 3 is 2.67 bits per heavy atom. The van der Waals surface area contributed by atoms with Crippen LogP contribution in [0.5, 0.6) is 11.5 Å². The molecule has 3 rings (SSSR count). The van der Waals surface area contributed by atoms with Crippen molar-refractivity contribution in [1.29, 1.82) is 0 Å². The van der Waals surface area contributed by atoms with Gasteiger partial charge in [-0.25, -0.2) is 0 Å². The summed E-state index contributed by atoms with van der Waals surface area (Å²) in [6, 6.07) is 11.2. The minimum absolute atomic E-state index is 0.0860. The molecular weight excluding hydrogens is 462 g/mol. The van der Waals surface area contributed by atoms with Crippen LogP contribution in [0.3, 0.4) is 0 Å². The van der Waals surface area contributed by atoms with Gasteiger partial charge in [0.2, 0.25) is 5.91 Å². The molecule has 176 valence electrons. The number of carbonyl (C=O) groups is 2. The van der Waals surface area contributed by atoms with E-state index in [4.69, 9.17) is 25.8 Å². The number of esters is 1. The number of amides is 1. The molecule has 1 heterocycles. The van der Waals surface area contributed by atoms with Gasteiger partial charge in [-0.3, -0.25) is 9.59 Å². The fourth-order valence-electron chi connectivity index (χ4n) is 3.92. The highest BCUT2D eigenvalue weighted by molar-refractivity contribution is 8.01. The predicted molar refractivity (Wildman–Crippen MR) is 133 cm³/mol. The number of rotatable bonds is 9. The lowest BCUT2D eigenvalue weighted by Crippen LogP contribution is -2.37. The van der Waals surface area contributed by atoms with E-state index in [9.17, 15) is 9.59 Å². The number of halogens is 1. The van der Waals surface area contributed by atoms with Crippen molar-refractivity contribution in [3.05, 3.63) is 65.2 Å². The zero-order valence-electron chi connectivity index (χ0n) is 19.0. The number of thioether (sulfide) groups is 1. The summed E-state index contributed by atoms with van der Waals surface area (Å²) in [7, 11) is 3.18. The number of carbonyl (C=O) groups excluding carboxylic acids is 2. The number of methoxy groups -OCH3 is 2. The summed E-state index contributed by atoms with van der Waals surface area (Å²) in [5.41, 5.74) is 2.50. The first-order valence-electron chi connectivity index (χ1n) is 10.7. The minimum atomic E-state index is -0.485. The molecule has 2 aromatic carbocycles. The van der Waals surface area contributed by atoms with E-state index in [-0.39, 0.29) is 23.5 Å². The monoisotopic (exact) mass is 489 g/mol. The van der Waals surface area contributed by atoms with E-state index in [1.807, 2.05) is 30.3 Å². The second-order valence-corrected chi connectivity index (χ2v) is 9.12. The molecule has 1 aliphatic rings. The molecule has 0 bridgehead atoms. The number of para-hydroxylation sites is 1.